The molecule has 0 aliphatic carbocycles. The predicted molar refractivity (Wildman–Crippen MR) is 126 cm³/mol. The number of nitrogens with one attached hydrogen (secondary N) is 2. The highest BCUT2D eigenvalue weighted by molar-refractivity contribution is 7.17. The van der Waals surface area contributed by atoms with Gasteiger partial charge in [0.2, 0.25) is 5.95 Å². The molecule has 0 saturated heterocycles. The minimum Gasteiger partial charge on any atom is -0.462 e. The van der Waals surface area contributed by atoms with Gasteiger partial charge in [-0.25, -0.2) is 14.8 Å². The van der Waals surface area contributed by atoms with Gasteiger partial charge in [0.25, 0.3) is 0 Å². The molecule has 3 heterocycles. The van der Waals surface area contributed by atoms with E-state index in [4.69, 9.17) is 9.72 Å². The fourth-order valence-corrected chi connectivity index (χ4v) is 4.19. The van der Waals surface area contributed by atoms with E-state index in [0.29, 0.717) is 39.7 Å². The summed E-state index contributed by atoms with van der Waals surface area (Å²) in [6.45, 7) is 8.74. The molecule has 4 aromatic rings. The Kier molecular flexibility index (Phi) is 6.31. The van der Waals surface area contributed by atoms with Gasteiger partial charge in [-0.05, 0) is 33.3 Å². The molecule has 1 aromatic carbocycles. The minimum absolute atomic E-state index is 0.0277. The van der Waals surface area contributed by atoms with Gasteiger partial charge in [0.15, 0.2) is 16.6 Å². The number of aryl methyl sites for hydroxylation is 2. The zero-order valence-electron chi connectivity index (χ0n) is 18.4. The van der Waals surface area contributed by atoms with Crippen molar-refractivity contribution in [3.8, 4) is 0 Å². The van der Waals surface area contributed by atoms with E-state index in [-0.39, 0.29) is 12.0 Å². The number of nitrogens with zero attached hydrogens (tertiary/aromatic N) is 5. The topological polar surface area (TPSA) is 107 Å². The van der Waals surface area contributed by atoms with Crippen molar-refractivity contribution in [2.75, 3.05) is 17.2 Å². The molecular formula is C22H25N7O2S. The van der Waals surface area contributed by atoms with E-state index >= 15 is 0 Å². The Morgan fingerprint density at radius 1 is 1.19 bits per heavy atom. The van der Waals surface area contributed by atoms with Crippen molar-refractivity contribution >= 4 is 45.4 Å². The summed E-state index contributed by atoms with van der Waals surface area (Å²) in [5, 5.41) is 7.14. The molecule has 0 spiro atoms. The van der Waals surface area contributed by atoms with E-state index < -0.39 is 0 Å². The van der Waals surface area contributed by atoms with Gasteiger partial charge in [-0.3, -0.25) is 5.32 Å². The minimum atomic E-state index is -0.382. The standard InChI is InChI=1S/C22H25N7O2S/c1-5-29-12-23-18-16(29)19(24-13(3)15-10-8-7-9-11-15)27-21(26-18)28-22-25-14(4)17(32-22)20(30)31-6-2/h7-13H,5-6H2,1-4H3,(H2,24,25,26,27,28)/t13-/m1/s1. The van der Waals surface area contributed by atoms with Gasteiger partial charge < -0.3 is 14.6 Å². The first-order valence-electron chi connectivity index (χ1n) is 10.5. The summed E-state index contributed by atoms with van der Waals surface area (Å²) in [6.07, 6.45) is 1.76. The van der Waals surface area contributed by atoms with Crippen molar-refractivity contribution in [3.63, 3.8) is 0 Å². The lowest BCUT2D eigenvalue weighted by Gasteiger charge is -2.17. The number of imidazole rings is 1. The van der Waals surface area contributed by atoms with E-state index in [1.165, 1.54) is 11.3 Å². The van der Waals surface area contributed by atoms with Gasteiger partial charge in [-0.1, -0.05) is 41.7 Å². The Hall–Kier alpha value is -3.53. The van der Waals surface area contributed by atoms with Gasteiger partial charge in [0, 0.05) is 6.54 Å². The highest BCUT2D eigenvalue weighted by atomic mass is 32.1. The number of hydrogen-bond donors (Lipinski definition) is 2. The largest absolute Gasteiger partial charge is 0.462 e. The number of carbonyl (C=O) groups excluding carboxylic acids is 1. The monoisotopic (exact) mass is 451 g/mol. The van der Waals surface area contributed by atoms with Gasteiger partial charge >= 0.3 is 5.97 Å². The quantitative estimate of drug-likeness (QED) is 0.371. The molecule has 0 unspecified atom stereocenters. The maximum atomic E-state index is 12.1. The average molecular weight is 452 g/mol. The number of hydrogen-bond acceptors (Lipinski definition) is 9. The molecule has 0 aliphatic rings. The first-order chi connectivity index (χ1) is 15.5. The molecule has 0 radical (unpaired) electrons. The molecule has 0 saturated carbocycles. The summed E-state index contributed by atoms with van der Waals surface area (Å²) < 4.78 is 7.11. The Morgan fingerprint density at radius 2 is 1.97 bits per heavy atom. The van der Waals surface area contributed by atoms with Gasteiger partial charge in [0.05, 0.1) is 24.7 Å². The van der Waals surface area contributed by atoms with Crippen LogP contribution in [0.1, 0.15) is 47.7 Å². The van der Waals surface area contributed by atoms with E-state index in [1.54, 1.807) is 20.2 Å². The average Bonchev–Trinajstić information content (AvgIpc) is 3.37. The zero-order chi connectivity index (χ0) is 22.7. The van der Waals surface area contributed by atoms with Crippen LogP contribution in [0.3, 0.4) is 0 Å². The van der Waals surface area contributed by atoms with Crippen LogP contribution in [-0.4, -0.2) is 37.1 Å². The molecule has 0 fully saturated rings. The smallest absolute Gasteiger partial charge is 0.350 e. The maximum absolute atomic E-state index is 12.1. The van der Waals surface area contributed by atoms with Crippen LogP contribution in [0.15, 0.2) is 36.7 Å². The summed E-state index contributed by atoms with van der Waals surface area (Å²) in [5.74, 6) is 0.644. The van der Waals surface area contributed by atoms with Crippen molar-refractivity contribution in [1.82, 2.24) is 24.5 Å². The van der Waals surface area contributed by atoms with Crippen LogP contribution in [0, 0.1) is 6.92 Å². The molecule has 9 nitrogen and oxygen atoms in total. The number of carbonyl (C=O) groups is 1. The van der Waals surface area contributed by atoms with E-state index in [0.717, 1.165) is 17.6 Å². The number of aromatic nitrogens is 5. The fraction of sp³-hybridized carbons (Fsp3) is 0.318. The Morgan fingerprint density at radius 3 is 2.69 bits per heavy atom. The number of fused-ring (bicyclic) bond motifs is 1. The molecule has 4 rings (SSSR count). The second kappa shape index (κ2) is 9.31. The lowest BCUT2D eigenvalue weighted by Crippen LogP contribution is -2.11. The molecule has 0 amide bonds. The van der Waals surface area contributed by atoms with Crippen molar-refractivity contribution in [1.29, 1.82) is 0 Å². The summed E-state index contributed by atoms with van der Waals surface area (Å²) in [4.78, 5) is 30.7. The third kappa shape index (κ3) is 4.40. The highest BCUT2D eigenvalue weighted by Crippen LogP contribution is 2.29. The number of esters is 1. The molecular weight excluding hydrogens is 426 g/mol. The highest BCUT2D eigenvalue weighted by Gasteiger charge is 2.19. The van der Waals surface area contributed by atoms with Crippen LogP contribution in [0.5, 0.6) is 0 Å². The van der Waals surface area contributed by atoms with Crippen molar-refractivity contribution < 1.29 is 9.53 Å². The van der Waals surface area contributed by atoms with Crippen LogP contribution < -0.4 is 10.6 Å². The van der Waals surface area contributed by atoms with E-state index in [1.807, 2.05) is 29.7 Å². The van der Waals surface area contributed by atoms with Crippen LogP contribution in [0.25, 0.3) is 11.2 Å². The van der Waals surface area contributed by atoms with Crippen LogP contribution >= 0.6 is 11.3 Å². The maximum Gasteiger partial charge on any atom is 0.350 e. The van der Waals surface area contributed by atoms with Crippen LogP contribution in [0.2, 0.25) is 0 Å². The molecule has 0 bridgehead atoms. The number of thiazole rings is 1. The lowest BCUT2D eigenvalue weighted by atomic mass is 10.1. The van der Waals surface area contributed by atoms with E-state index in [9.17, 15) is 4.79 Å². The molecule has 1 atom stereocenters. The zero-order valence-corrected chi connectivity index (χ0v) is 19.2. The number of rotatable bonds is 8. The summed E-state index contributed by atoms with van der Waals surface area (Å²) in [7, 11) is 0. The molecule has 32 heavy (non-hydrogen) atoms. The number of benzene rings is 1. The van der Waals surface area contributed by atoms with Crippen LogP contribution in [-0.2, 0) is 11.3 Å². The van der Waals surface area contributed by atoms with Crippen LogP contribution in [0.4, 0.5) is 16.9 Å². The van der Waals surface area contributed by atoms with Crippen molar-refractivity contribution in [2.45, 2.75) is 40.3 Å². The van der Waals surface area contributed by atoms with E-state index in [2.05, 4.69) is 44.6 Å². The van der Waals surface area contributed by atoms with Gasteiger partial charge in [-0.2, -0.15) is 9.97 Å². The third-order valence-corrected chi connectivity index (χ3v) is 5.99. The first kappa shape index (κ1) is 21.7. The first-order valence-corrected chi connectivity index (χ1v) is 11.3. The normalized spacial score (nSPS) is 12.0. The van der Waals surface area contributed by atoms with Gasteiger partial charge in [-0.15, -0.1) is 0 Å². The lowest BCUT2D eigenvalue weighted by molar-refractivity contribution is 0.0531. The second-order valence-electron chi connectivity index (χ2n) is 7.15. The predicted octanol–water partition coefficient (Wildman–Crippen LogP) is 4.70. The SMILES string of the molecule is CCOC(=O)c1sc(Nc2nc(N[C@H](C)c3ccccc3)c3c(ncn3CC)n2)nc1C. The second-order valence-corrected chi connectivity index (χ2v) is 8.15. The fourth-order valence-electron chi connectivity index (χ4n) is 3.34. The number of ether oxygens (including phenoxy) is 1. The summed E-state index contributed by atoms with van der Waals surface area (Å²) in [5.41, 5.74) is 3.16. The number of anilines is 3. The van der Waals surface area contributed by atoms with Crippen molar-refractivity contribution in [3.05, 3.63) is 52.8 Å². The molecule has 166 valence electrons. The Bertz CT molecular complexity index is 1240. The molecule has 3 aromatic heterocycles. The molecule has 0 aliphatic heterocycles. The third-order valence-electron chi connectivity index (χ3n) is 4.94. The Balaban J connectivity index is 1.68. The molecule has 10 heteroatoms. The van der Waals surface area contributed by atoms with Crippen molar-refractivity contribution in [2.24, 2.45) is 0 Å². The van der Waals surface area contributed by atoms with Gasteiger partial charge in [0.1, 0.15) is 10.4 Å². The summed E-state index contributed by atoms with van der Waals surface area (Å²) in [6, 6.07) is 10.2. The summed E-state index contributed by atoms with van der Waals surface area (Å²) >= 11 is 1.21. The Labute approximate surface area is 189 Å². The molecule has 2 N–H and O–H groups in total.